The Hall–Kier alpha value is -2.43. The lowest BCUT2D eigenvalue weighted by Gasteiger charge is -2.41. The maximum absolute atomic E-state index is 13.1. The lowest BCUT2D eigenvalue weighted by molar-refractivity contribution is -0.131. The predicted molar refractivity (Wildman–Crippen MR) is 98.6 cm³/mol. The molecule has 1 aromatic carbocycles. The van der Waals surface area contributed by atoms with Gasteiger partial charge in [-0.2, -0.15) is 4.31 Å². The Bertz CT molecular complexity index is 942. The monoisotopic (exact) mass is 411 g/mol. The minimum Gasteiger partial charge on any atom is -0.494 e. The van der Waals surface area contributed by atoms with Gasteiger partial charge < -0.3 is 9.64 Å². The zero-order chi connectivity index (χ0) is 20.6. The number of benzene rings is 1. The Balaban J connectivity index is 1.96. The minimum absolute atomic E-state index is 0.157. The van der Waals surface area contributed by atoms with E-state index in [1.165, 1.54) is 32.5 Å². The second-order valence-corrected chi connectivity index (χ2v) is 8.78. The second-order valence-electron chi connectivity index (χ2n) is 6.73. The standard InChI is InChI=1S/C18H22FN3O5S/c1-20(28(3,25)26)17-14-8-9-21(10-12-4-6-13(19)7-5-12)18(23)16(14)15(27-2)11-22(17)24/h4-7,11,17,24H,8-10H2,1-3H3. The summed E-state index contributed by atoms with van der Waals surface area (Å²) in [5.74, 6) is -0.534. The summed E-state index contributed by atoms with van der Waals surface area (Å²) in [6.07, 6.45) is 1.55. The van der Waals surface area contributed by atoms with E-state index in [0.717, 1.165) is 21.2 Å². The van der Waals surface area contributed by atoms with Crippen LogP contribution in [0.5, 0.6) is 0 Å². The number of rotatable bonds is 5. The van der Waals surface area contributed by atoms with Crippen molar-refractivity contribution in [1.29, 1.82) is 0 Å². The molecule has 0 spiro atoms. The smallest absolute Gasteiger partial charge is 0.258 e. The zero-order valence-electron chi connectivity index (χ0n) is 15.8. The van der Waals surface area contributed by atoms with E-state index in [4.69, 9.17) is 4.74 Å². The molecule has 0 bridgehead atoms. The molecule has 10 heteroatoms. The molecule has 0 radical (unpaired) electrons. The molecule has 1 amide bonds. The maximum Gasteiger partial charge on any atom is 0.258 e. The molecule has 1 atom stereocenters. The molecule has 0 saturated heterocycles. The number of amides is 1. The summed E-state index contributed by atoms with van der Waals surface area (Å²) in [5.41, 5.74) is 1.47. The van der Waals surface area contributed by atoms with Gasteiger partial charge in [0, 0.05) is 20.1 Å². The van der Waals surface area contributed by atoms with Gasteiger partial charge in [0.2, 0.25) is 10.0 Å². The number of carbonyl (C=O) groups is 1. The number of nitrogens with zero attached hydrogens (tertiary/aromatic N) is 3. The molecule has 1 unspecified atom stereocenters. The molecule has 0 fully saturated rings. The van der Waals surface area contributed by atoms with Crippen molar-refractivity contribution in [3.05, 3.63) is 58.8 Å². The number of carbonyl (C=O) groups excluding carboxylic acids is 1. The molecule has 152 valence electrons. The van der Waals surface area contributed by atoms with Gasteiger partial charge in [-0.3, -0.25) is 10.0 Å². The first-order chi connectivity index (χ1) is 13.1. The van der Waals surface area contributed by atoms with Crippen molar-refractivity contribution in [2.24, 2.45) is 0 Å². The van der Waals surface area contributed by atoms with Crippen molar-refractivity contribution < 1.29 is 27.5 Å². The van der Waals surface area contributed by atoms with Crippen molar-refractivity contribution in [2.45, 2.75) is 19.1 Å². The highest BCUT2D eigenvalue weighted by Crippen LogP contribution is 2.35. The fourth-order valence-electron chi connectivity index (χ4n) is 3.40. The number of methoxy groups -OCH3 is 1. The summed E-state index contributed by atoms with van der Waals surface area (Å²) in [7, 11) is -0.913. The van der Waals surface area contributed by atoms with Crippen LogP contribution >= 0.6 is 0 Å². The lowest BCUT2D eigenvalue weighted by Crippen LogP contribution is -2.52. The average Bonchev–Trinajstić information content (AvgIpc) is 2.63. The topological polar surface area (TPSA) is 90.4 Å². The van der Waals surface area contributed by atoms with Crippen LogP contribution in [0.1, 0.15) is 12.0 Å². The molecule has 2 aliphatic heterocycles. The summed E-state index contributed by atoms with van der Waals surface area (Å²) < 4.78 is 43.4. The van der Waals surface area contributed by atoms with Crippen molar-refractivity contribution in [3.63, 3.8) is 0 Å². The van der Waals surface area contributed by atoms with Crippen LogP contribution in [0.3, 0.4) is 0 Å². The van der Waals surface area contributed by atoms with E-state index in [2.05, 4.69) is 0 Å². The first-order valence-corrected chi connectivity index (χ1v) is 10.4. The van der Waals surface area contributed by atoms with Gasteiger partial charge in [-0.15, -0.1) is 0 Å². The highest BCUT2D eigenvalue weighted by atomic mass is 32.2. The summed E-state index contributed by atoms with van der Waals surface area (Å²) >= 11 is 0. The quantitative estimate of drug-likeness (QED) is 0.785. The van der Waals surface area contributed by atoms with Gasteiger partial charge in [0.05, 0.1) is 25.1 Å². The van der Waals surface area contributed by atoms with Crippen LogP contribution in [0.2, 0.25) is 0 Å². The Morgan fingerprint density at radius 2 is 1.96 bits per heavy atom. The Kier molecular flexibility index (Phi) is 5.46. The van der Waals surface area contributed by atoms with Gasteiger partial charge in [-0.25, -0.2) is 17.9 Å². The lowest BCUT2D eigenvalue weighted by atomic mass is 9.92. The third kappa shape index (κ3) is 3.75. The summed E-state index contributed by atoms with van der Waals surface area (Å²) in [6.45, 7) is 0.607. The van der Waals surface area contributed by atoms with E-state index in [0.29, 0.717) is 18.5 Å². The normalized spacial score (nSPS) is 20.4. The molecule has 1 N–H and O–H groups in total. The van der Waals surface area contributed by atoms with Crippen molar-refractivity contribution >= 4 is 15.9 Å². The Labute approximate surface area is 163 Å². The molecule has 2 aliphatic rings. The van der Waals surface area contributed by atoms with Crippen molar-refractivity contribution in [2.75, 3.05) is 27.0 Å². The highest BCUT2D eigenvalue weighted by molar-refractivity contribution is 7.88. The van der Waals surface area contributed by atoms with E-state index >= 15 is 0 Å². The van der Waals surface area contributed by atoms with E-state index < -0.39 is 16.2 Å². The zero-order valence-corrected chi connectivity index (χ0v) is 16.6. The van der Waals surface area contributed by atoms with Crippen molar-refractivity contribution in [3.8, 4) is 0 Å². The third-order valence-corrected chi connectivity index (χ3v) is 6.15. The molecule has 3 rings (SSSR count). The summed E-state index contributed by atoms with van der Waals surface area (Å²) in [6, 6.07) is 5.87. The van der Waals surface area contributed by atoms with Crippen LogP contribution in [-0.4, -0.2) is 66.9 Å². The first kappa shape index (κ1) is 20.3. The number of likely N-dealkylation sites (N-methyl/N-ethyl adjacent to an activating group) is 1. The maximum atomic E-state index is 13.1. The van der Waals surface area contributed by atoms with Gasteiger partial charge >= 0.3 is 0 Å². The van der Waals surface area contributed by atoms with Crippen LogP contribution in [0, 0.1) is 5.82 Å². The molecule has 2 heterocycles. The minimum atomic E-state index is -3.63. The average molecular weight is 411 g/mol. The fourth-order valence-corrected chi connectivity index (χ4v) is 3.98. The molecular weight excluding hydrogens is 389 g/mol. The number of hydroxylamine groups is 2. The summed E-state index contributed by atoms with van der Waals surface area (Å²) in [5, 5.41) is 11.1. The van der Waals surface area contributed by atoms with Gasteiger partial charge in [0.25, 0.3) is 5.91 Å². The molecular formula is C18H22FN3O5S. The molecule has 28 heavy (non-hydrogen) atoms. The number of halogens is 1. The second kappa shape index (κ2) is 7.53. The van der Waals surface area contributed by atoms with E-state index in [1.54, 1.807) is 17.0 Å². The molecule has 1 aromatic rings. The highest BCUT2D eigenvalue weighted by Gasteiger charge is 2.42. The van der Waals surface area contributed by atoms with E-state index in [1.807, 2.05) is 0 Å². The van der Waals surface area contributed by atoms with Crippen LogP contribution < -0.4 is 0 Å². The SMILES string of the molecule is COC1=CN(O)C(N(C)S(C)(=O)=O)C2=C1C(=O)N(Cc1ccc(F)cc1)CC2. The van der Waals surface area contributed by atoms with Crippen LogP contribution in [0.4, 0.5) is 4.39 Å². The van der Waals surface area contributed by atoms with E-state index in [9.17, 15) is 22.8 Å². The van der Waals surface area contributed by atoms with Gasteiger partial charge in [0.1, 0.15) is 17.7 Å². The summed E-state index contributed by atoms with van der Waals surface area (Å²) in [4.78, 5) is 14.7. The van der Waals surface area contributed by atoms with Gasteiger partial charge in [0.15, 0.2) is 0 Å². The molecule has 8 nitrogen and oxygen atoms in total. The van der Waals surface area contributed by atoms with E-state index in [-0.39, 0.29) is 29.6 Å². The van der Waals surface area contributed by atoms with Crippen LogP contribution in [0.15, 0.2) is 47.4 Å². The van der Waals surface area contributed by atoms with Crippen LogP contribution in [0.25, 0.3) is 0 Å². The Morgan fingerprint density at radius 1 is 1.32 bits per heavy atom. The number of ether oxygens (including phenoxy) is 1. The Morgan fingerprint density at radius 3 is 2.54 bits per heavy atom. The largest absolute Gasteiger partial charge is 0.494 e. The molecule has 0 aromatic heterocycles. The van der Waals surface area contributed by atoms with Gasteiger partial charge in [-0.05, 0) is 29.7 Å². The first-order valence-electron chi connectivity index (χ1n) is 8.56. The number of sulfonamides is 1. The van der Waals surface area contributed by atoms with Crippen molar-refractivity contribution in [1.82, 2.24) is 14.3 Å². The van der Waals surface area contributed by atoms with Crippen LogP contribution in [-0.2, 0) is 26.1 Å². The third-order valence-electron chi connectivity index (χ3n) is 4.91. The fraction of sp³-hybridized carbons (Fsp3) is 0.389. The molecule has 0 aliphatic carbocycles. The molecule has 0 saturated carbocycles. The number of hydrogen-bond donors (Lipinski definition) is 1. The number of hydrogen-bond acceptors (Lipinski definition) is 6. The van der Waals surface area contributed by atoms with Gasteiger partial charge in [-0.1, -0.05) is 12.1 Å². The predicted octanol–water partition coefficient (Wildman–Crippen LogP) is 1.26.